The molecule has 1 amide bonds. The summed E-state index contributed by atoms with van der Waals surface area (Å²) in [5.74, 6) is 0.569. The second-order valence-corrected chi connectivity index (χ2v) is 14.7. The number of thiazole rings is 1. The SMILES string of the molecule is CCC1([C@@H](O)CC=C[C@H]2CCC(=O)N2CCSc2nc(C(=O)OCCCCCCCCCCc3ccccc3)cs2)CCC1. The molecule has 1 aromatic carbocycles. The number of ether oxygens (including phenoxy) is 1. The molecular weight excluding hydrogens is 589 g/mol. The van der Waals surface area contributed by atoms with Crippen LogP contribution >= 0.6 is 23.1 Å². The van der Waals surface area contributed by atoms with Gasteiger partial charge >= 0.3 is 5.97 Å². The lowest BCUT2D eigenvalue weighted by Crippen LogP contribution is -2.40. The van der Waals surface area contributed by atoms with Gasteiger partial charge in [0.05, 0.1) is 18.8 Å². The highest BCUT2D eigenvalue weighted by molar-refractivity contribution is 8.01. The molecule has 0 unspecified atom stereocenters. The van der Waals surface area contributed by atoms with Crippen molar-refractivity contribution in [2.75, 3.05) is 18.9 Å². The molecule has 1 aliphatic heterocycles. The zero-order chi connectivity index (χ0) is 31.0. The molecular formula is C36H52N2O4S2. The molecule has 1 aliphatic carbocycles. The van der Waals surface area contributed by atoms with E-state index in [2.05, 4.69) is 54.4 Å². The largest absolute Gasteiger partial charge is 0.461 e. The molecule has 8 heteroatoms. The summed E-state index contributed by atoms with van der Waals surface area (Å²) in [6, 6.07) is 10.8. The summed E-state index contributed by atoms with van der Waals surface area (Å²) in [6.07, 6.45) is 21.2. The average Bonchev–Trinajstić information content (AvgIpc) is 3.63. The van der Waals surface area contributed by atoms with Crippen LogP contribution in [0.15, 0.2) is 52.2 Å². The Kier molecular flexibility index (Phi) is 14.8. The number of hydrogen-bond acceptors (Lipinski definition) is 7. The number of benzene rings is 1. The van der Waals surface area contributed by atoms with Crippen LogP contribution in [0.5, 0.6) is 0 Å². The maximum atomic E-state index is 12.5. The van der Waals surface area contributed by atoms with Crippen LogP contribution in [0.2, 0.25) is 0 Å². The topological polar surface area (TPSA) is 79.7 Å². The fourth-order valence-corrected chi connectivity index (χ4v) is 8.24. The lowest BCUT2D eigenvalue weighted by Gasteiger charge is -2.45. The van der Waals surface area contributed by atoms with Crippen LogP contribution in [-0.4, -0.2) is 57.9 Å². The quantitative estimate of drug-likeness (QED) is 0.0637. The third-order valence-electron chi connectivity index (χ3n) is 9.54. The van der Waals surface area contributed by atoms with Crippen molar-refractivity contribution in [2.24, 2.45) is 5.41 Å². The molecule has 2 heterocycles. The monoisotopic (exact) mass is 640 g/mol. The first kappa shape index (κ1) is 34.7. The number of amides is 1. The van der Waals surface area contributed by atoms with Crippen molar-refractivity contribution in [1.82, 2.24) is 9.88 Å². The Labute approximate surface area is 273 Å². The highest BCUT2D eigenvalue weighted by Gasteiger charge is 2.41. The molecule has 6 nitrogen and oxygen atoms in total. The predicted octanol–water partition coefficient (Wildman–Crippen LogP) is 8.63. The molecule has 1 N–H and O–H groups in total. The van der Waals surface area contributed by atoms with Crippen LogP contribution < -0.4 is 0 Å². The summed E-state index contributed by atoms with van der Waals surface area (Å²) in [6.45, 7) is 3.26. The van der Waals surface area contributed by atoms with Crippen LogP contribution in [0.1, 0.15) is 119 Å². The lowest BCUT2D eigenvalue weighted by atomic mass is 9.63. The van der Waals surface area contributed by atoms with Gasteiger partial charge in [-0.1, -0.05) is 106 Å². The van der Waals surface area contributed by atoms with Crippen molar-refractivity contribution in [2.45, 2.75) is 126 Å². The number of aliphatic hydroxyl groups is 1. The van der Waals surface area contributed by atoms with Crippen molar-refractivity contribution >= 4 is 35.0 Å². The number of likely N-dealkylation sites (tertiary alicyclic amines) is 1. The molecule has 2 atom stereocenters. The minimum Gasteiger partial charge on any atom is -0.461 e. The van der Waals surface area contributed by atoms with Gasteiger partial charge in [0.25, 0.3) is 0 Å². The van der Waals surface area contributed by atoms with Gasteiger partial charge in [-0.3, -0.25) is 4.79 Å². The van der Waals surface area contributed by atoms with Crippen LogP contribution in [0.25, 0.3) is 0 Å². The third kappa shape index (κ3) is 10.7. The van der Waals surface area contributed by atoms with E-state index in [1.165, 1.54) is 68.3 Å². The first-order chi connectivity index (χ1) is 21.5. The van der Waals surface area contributed by atoms with Crippen molar-refractivity contribution in [3.63, 3.8) is 0 Å². The molecule has 2 aliphatic rings. The molecule has 2 aromatic rings. The van der Waals surface area contributed by atoms with E-state index in [4.69, 9.17) is 4.74 Å². The van der Waals surface area contributed by atoms with E-state index in [0.29, 0.717) is 31.7 Å². The van der Waals surface area contributed by atoms with Gasteiger partial charge in [-0.25, -0.2) is 9.78 Å². The summed E-state index contributed by atoms with van der Waals surface area (Å²) < 4.78 is 6.29. The second-order valence-electron chi connectivity index (χ2n) is 12.5. The fraction of sp³-hybridized carbons (Fsp3) is 0.639. The van der Waals surface area contributed by atoms with Crippen LogP contribution in [0, 0.1) is 5.41 Å². The highest BCUT2D eigenvalue weighted by atomic mass is 32.2. The molecule has 1 aromatic heterocycles. The van der Waals surface area contributed by atoms with E-state index in [1.807, 2.05) is 4.90 Å². The summed E-state index contributed by atoms with van der Waals surface area (Å²) in [7, 11) is 0. The zero-order valence-corrected chi connectivity index (χ0v) is 28.2. The predicted molar refractivity (Wildman–Crippen MR) is 181 cm³/mol. The number of carbonyl (C=O) groups excluding carboxylic acids is 2. The molecule has 242 valence electrons. The smallest absolute Gasteiger partial charge is 0.357 e. The number of thioether (sulfide) groups is 1. The molecule has 1 saturated heterocycles. The normalized spacial score (nSPS) is 18.5. The molecule has 0 radical (unpaired) electrons. The maximum absolute atomic E-state index is 12.5. The zero-order valence-electron chi connectivity index (χ0n) is 26.6. The van der Waals surface area contributed by atoms with Gasteiger partial charge in [0.15, 0.2) is 10.0 Å². The average molecular weight is 641 g/mol. The minimum atomic E-state index is -0.347. The number of rotatable bonds is 21. The Morgan fingerprint density at radius 2 is 1.86 bits per heavy atom. The van der Waals surface area contributed by atoms with Gasteiger partial charge in [-0.05, 0) is 62.3 Å². The lowest BCUT2D eigenvalue weighted by molar-refractivity contribution is -0.128. The fourth-order valence-electron chi connectivity index (χ4n) is 6.44. The second kappa shape index (κ2) is 18.7. The maximum Gasteiger partial charge on any atom is 0.357 e. The first-order valence-electron chi connectivity index (χ1n) is 16.9. The molecule has 2 fully saturated rings. The summed E-state index contributed by atoms with van der Waals surface area (Å²) >= 11 is 3.03. The van der Waals surface area contributed by atoms with Gasteiger partial charge in [0.2, 0.25) is 5.91 Å². The van der Waals surface area contributed by atoms with E-state index >= 15 is 0 Å². The molecule has 4 rings (SSSR count). The Morgan fingerprint density at radius 1 is 1.14 bits per heavy atom. The number of nitrogens with zero attached hydrogens (tertiary/aromatic N) is 2. The third-order valence-corrected chi connectivity index (χ3v) is 11.5. The number of hydrogen-bond donors (Lipinski definition) is 1. The Balaban J connectivity index is 1.03. The summed E-state index contributed by atoms with van der Waals surface area (Å²) in [4.78, 5) is 31.4. The van der Waals surface area contributed by atoms with Crippen LogP contribution in [-0.2, 0) is 16.0 Å². The van der Waals surface area contributed by atoms with Gasteiger partial charge in [-0.15, -0.1) is 11.3 Å². The number of aryl methyl sites for hydroxylation is 1. The highest BCUT2D eigenvalue weighted by Crippen LogP contribution is 2.47. The van der Waals surface area contributed by atoms with E-state index in [1.54, 1.807) is 17.1 Å². The summed E-state index contributed by atoms with van der Waals surface area (Å²) in [5.41, 5.74) is 1.92. The van der Waals surface area contributed by atoms with Crippen molar-refractivity contribution in [3.05, 3.63) is 59.1 Å². The van der Waals surface area contributed by atoms with Gasteiger partial charge in [0.1, 0.15) is 0 Å². The van der Waals surface area contributed by atoms with Crippen molar-refractivity contribution in [1.29, 1.82) is 0 Å². The molecule has 44 heavy (non-hydrogen) atoms. The Morgan fingerprint density at radius 3 is 2.57 bits per heavy atom. The van der Waals surface area contributed by atoms with Gasteiger partial charge < -0.3 is 14.7 Å². The standard InChI is InChI=1S/C36H52N2O4S2/c1-2-36(23-15-24-36)32(39)20-14-19-30-21-22-33(40)38(30)25-27-43-35-37-31(28-44-35)34(41)42-26-13-8-6-4-3-5-7-10-16-29-17-11-9-12-18-29/h9,11-12,14,17-19,28,30,32,39H,2-8,10,13,15-16,20-27H2,1H3/t30-,32-/m0/s1. The van der Waals surface area contributed by atoms with E-state index in [9.17, 15) is 14.7 Å². The Hall–Kier alpha value is -2.16. The van der Waals surface area contributed by atoms with E-state index in [-0.39, 0.29) is 29.4 Å². The van der Waals surface area contributed by atoms with Crippen LogP contribution in [0.4, 0.5) is 0 Å². The first-order valence-corrected chi connectivity index (χ1v) is 18.8. The van der Waals surface area contributed by atoms with Crippen molar-refractivity contribution in [3.8, 4) is 0 Å². The molecule has 1 saturated carbocycles. The number of esters is 1. The number of aromatic nitrogens is 1. The van der Waals surface area contributed by atoms with E-state index < -0.39 is 0 Å². The van der Waals surface area contributed by atoms with Gasteiger partial charge in [-0.2, -0.15) is 0 Å². The number of unbranched alkanes of at least 4 members (excludes halogenated alkanes) is 7. The van der Waals surface area contributed by atoms with Crippen LogP contribution in [0.3, 0.4) is 0 Å². The number of carbonyl (C=O) groups is 2. The minimum absolute atomic E-state index is 0.0982. The molecule has 0 spiro atoms. The Bertz CT molecular complexity index is 1160. The van der Waals surface area contributed by atoms with Crippen molar-refractivity contribution < 1.29 is 19.4 Å². The summed E-state index contributed by atoms with van der Waals surface area (Å²) in [5, 5.41) is 12.5. The number of aliphatic hydroxyl groups excluding tert-OH is 1. The molecule has 0 bridgehead atoms. The van der Waals surface area contributed by atoms with E-state index in [0.717, 1.165) is 48.6 Å². The van der Waals surface area contributed by atoms with Gasteiger partial charge in [0, 0.05) is 24.1 Å².